The number of nitrogens with zero attached hydrogens (tertiary/aromatic N) is 6. The SMILES string of the molecule is c1ccc(-c2cccc(-c3ccc(-c4nc(-c5ccccc5)nc(-n5c6ccccc6c6c(-c7ccccc7)c(-c7ccccc7)c7c8ccccc8n(-c8ccccc8)c7c65)n4)cc3)n2)cc1. The molecular weight excluding hydrogens is 829 g/mol. The Bertz CT molecular complexity index is 3980. The molecule has 68 heavy (non-hydrogen) atoms. The molecule has 0 saturated carbocycles. The predicted octanol–water partition coefficient (Wildman–Crippen LogP) is 15.5. The molecule has 0 saturated heterocycles. The Balaban J connectivity index is 1.14. The standard InChI is InChI=1S/C62H40N6/c1-6-21-41(22-7-1)50-33-20-34-51(63-50)42-37-39-46(40-38-42)61-64-60(45-27-12-4-13-28-45)65-62(66-61)68-53-36-19-17-32-49(53)57-55(44-25-10-3-11-26-44)54(43-23-8-2-9-24-43)56-48-31-16-18-35-52(48)67(58(56)59(57)68)47-29-14-5-15-30-47/h1-40H. The summed E-state index contributed by atoms with van der Waals surface area (Å²) in [7, 11) is 0. The topological polar surface area (TPSA) is 61.4 Å². The van der Waals surface area contributed by atoms with Crippen LogP contribution in [-0.2, 0) is 0 Å². The number of fused-ring (bicyclic) bond motifs is 7. The van der Waals surface area contributed by atoms with Crippen LogP contribution in [0.4, 0.5) is 0 Å². The van der Waals surface area contributed by atoms with Gasteiger partial charge in [0.15, 0.2) is 11.6 Å². The van der Waals surface area contributed by atoms with Crippen LogP contribution >= 0.6 is 0 Å². The molecule has 6 nitrogen and oxygen atoms in total. The van der Waals surface area contributed by atoms with Crippen molar-refractivity contribution >= 4 is 43.6 Å². The molecule has 13 rings (SSSR count). The molecule has 0 N–H and O–H groups in total. The zero-order chi connectivity index (χ0) is 45.0. The highest BCUT2D eigenvalue weighted by atomic mass is 15.2. The second-order valence-corrected chi connectivity index (χ2v) is 17.0. The molecule has 6 heteroatoms. The summed E-state index contributed by atoms with van der Waals surface area (Å²) >= 11 is 0. The van der Waals surface area contributed by atoms with Crippen LogP contribution in [-0.4, -0.2) is 29.1 Å². The molecule has 0 aliphatic heterocycles. The number of para-hydroxylation sites is 3. The van der Waals surface area contributed by atoms with E-state index in [0.717, 1.165) is 99.6 Å². The van der Waals surface area contributed by atoms with Crippen molar-refractivity contribution in [2.24, 2.45) is 0 Å². The van der Waals surface area contributed by atoms with Crippen LogP contribution < -0.4 is 0 Å². The number of benzene rings is 9. The summed E-state index contributed by atoms with van der Waals surface area (Å²) in [5, 5.41) is 4.54. The van der Waals surface area contributed by atoms with E-state index >= 15 is 0 Å². The lowest BCUT2D eigenvalue weighted by molar-refractivity contribution is 0.953. The molecule has 0 fully saturated rings. The molecule has 9 aromatic carbocycles. The first-order valence-corrected chi connectivity index (χ1v) is 22.9. The maximum absolute atomic E-state index is 5.49. The first kappa shape index (κ1) is 39.1. The van der Waals surface area contributed by atoms with Crippen LogP contribution in [0.2, 0.25) is 0 Å². The van der Waals surface area contributed by atoms with Crippen molar-refractivity contribution in [3.63, 3.8) is 0 Å². The quantitative estimate of drug-likeness (QED) is 0.153. The highest BCUT2D eigenvalue weighted by Crippen LogP contribution is 2.52. The van der Waals surface area contributed by atoms with Crippen LogP contribution in [0.5, 0.6) is 0 Å². The second-order valence-electron chi connectivity index (χ2n) is 17.0. The van der Waals surface area contributed by atoms with Crippen molar-refractivity contribution in [1.29, 1.82) is 0 Å². The third-order valence-corrected chi connectivity index (χ3v) is 13.0. The van der Waals surface area contributed by atoms with Gasteiger partial charge in [-0.2, -0.15) is 9.97 Å². The molecule has 4 heterocycles. The Kier molecular flexibility index (Phi) is 9.39. The van der Waals surface area contributed by atoms with Gasteiger partial charge in [-0.05, 0) is 47.5 Å². The third-order valence-electron chi connectivity index (χ3n) is 13.0. The minimum Gasteiger partial charge on any atom is -0.307 e. The first-order chi connectivity index (χ1) is 33.8. The van der Waals surface area contributed by atoms with E-state index in [2.05, 4.69) is 215 Å². The van der Waals surface area contributed by atoms with Crippen LogP contribution in [0, 0.1) is 0 Å². The smallest absolute Gasteiger partial charge is 0.238 e. The highest BCUT2D eigenvalue weighted by molar-refractivity contribution is 6.33. The molecule has 318 valence electrons. The van der Waals surface area contributed by atoms with E-state index in [0.29, 0.717) is 17.6 Å². The normalized spacial score (nSPS) is 11.5. The lowest BCUT2D eigenvalue weighted by atomic mass is 9.87. The van der Waals surface area contributed by atoms with Gasteiger partial charge in [0.2, 0.25) is 5.95 Å². The van der Waals surface area contributed by atoms with E-state index in [9.17, 15) is 0 Å². The van der Waals surface area contributed by atoms with Crippen molar-refractivity contribution in [1.82, 2.24) is 29.1 Å². The maximum Gasteiger partial charge on any atom is 0.238 e. The number of pyridine rings is 1. The third kappa shape index (κ3) is 6.50. The summed E-state index contributed by atoms with van der Waals surface area (Å²) in [6.07, 6.45) is 0. The molecule has 0 atom stereocenters. The largest absolute Gasteiger partial charge is 0.307 e. The molecule has 0 bridgehead atoms. The number of hydrogen-bond acceptors (Lipinski definition) is 4. The van der Waals surface area contributed by atoms with Gasteiger partial charge in [0.25, 0.3) is 0 Å². The summed E-state index contributed by atoms with van der Waals surface area (Å²) in [6, 6.07) is 85.0. The zero-order valence-electron chi connectivity index (χ0n) is 36.8. The minimum absolute atomic E-state index is 0.527. The van der Waals surface area contributed by atoms with E-state index in [4.69, 9.17) is 19.9 Å². The Hall–Kier alpha value is -9.26. The van der Waals surface area contributed by atoms with Crippen LogP contribution in [0.1, 0.15) is 0 Å². The van der Waals surface area contributed by atoms with Crippen molar-refractivity contribution in [3.05, 3.63) is 243 Å². The summed E-state index contributed by atoms with van der Waals surface area (Å²) in [4.78, 5) is 21.2. The Morgan fingerprint density at radius 1 is 0.265 bits per heavy atom. The van der Waals surface area contributed by atoms with Gasteiger partial charge < -0.3 is 4.57 Å². The molecule has 0 amide bonds. The number of hydrogen-bond donors (Lipinski definition) is 0. The fourth-order valence-corrected chi connectivity index (χ4v) is 9.99. The first-order valence-electron chi connectivity index (χ1n) is 22.9. The maximum atomic E-state index is 5.49. The van der Waals surface area contributed by atoms with Crippen molar-refractivity contribution in [3.8, 4) is 79.2 Å². The zero-order valence-corrected chi connectivity index (χ0v) is 36.8. The average Bonchev–Trinajstić information content (AvgIpc) is 3.95. The Morgan fingerprint density at radius 3 is 1.18 bits per heavy atom. The van der Waals surface area contributed by atoms with E-state index in [-0.39, 0.29) is 0 Å². The minimum atomic E-state index is 0.527. The average molecular weight is 869 g/mol. The lowest BCUT2D eigenvalue weighted by Crippen LogP contribution is -2.07. The molecule has 0 unspecified atom stereocenters. The van der Waals surface area contributed by atoms with Gasteiger partial charge in [0, 0.05) is 60.6 Å². The Labute approximate surface area is 392 Å². The van der Waals surface area contributed by atoms with Gasteiger partial charge in [0.05, 0.1) is 33.5 Å². The van der Waals surface area contributed by atoms with Crippen molar-refractivity contribution in [2.75, 3.05) is 0 Å². The number of aromatic nitrogens is 6. The van der Waals surface area contributed by atoms with E-state index < -0.39 is 0 Å². The van der Waals surface area contributed by atoms with Crippen molar-refractivity contribution in [2.45, 2.75) is 0 Å². The molecular formula is C62H40N6. The van der Waals surface area contributed by atoms with E-state index in [1.54, 1.807) is 0 Å². The van der Waals surface area contributed by atoms with Crippen molar-refractivity contribution < 1.29 is 0 Å². The van der Waals surface area contributed by atoms with E-state index in [1.165, 1.54) is 5.56 Å². The molecule has 0 radical (unpaired) electrons. The summed E-state index contributed by atoms with van der Waals surface area (Å²) in [6.45, 7) is 0. The summed E-state index contributed by atoms with van der Waals surface area (Å²) < 4.78 is 4.72. The summed E-state index contributed by atoms with van der Waals surface area (Å²) in [5.41, 5.74) is 15.5. The molecule has 13 aromatic rings. The van der Waals surface area contributed by atoms with Gasteiger partial charge in [-0.15, -0.1) is 0 Å². The molecule has 0 aliphatic rings. The monoisotopic (exact) mass is 868 g/mol. The second kappa shape index (κ2) is 16.3. The van der Waals surface area contributed by atoms with Crippen LogP contribution in [0.15, 0.2) is 243 Å². The number of rotatable bonds is 8. The van der Waals surface area contributed by atoms with E-state index in [1.807, 2.05) is 36.4 Å². The fourth-order valence-electron chi connectivity index (χ4n) is 9.99. The van der Waals surface area contributed by atoms with Gasteiger partial charge >= 0.3 is 0 Å². The molecule has 0 aliphatic carbocycles. The van der Waals surface area contributed by atoms with Gasteiger partial charge in [-0.1, -0.05) is 206 Å². The Morgan fingerprint density at radius 2 is 0.647 bits per heavy atom. The lowest BCUT2D eigenvalue weighted by Gasteiger charge is -2.18. The van der Waals surface area contributed by atoms with Crippen LogP contribution in [0.3, 0.4) is 0 Å². The molecule has 4 aromatic heterocycles. The van der Waals surface area contributed by atoms with Gasteiger partial charge in [0.1, 0.15) is 0 Å². The predicted molar refractivity (Wildman–Crippen MR) is 279 cm³/mol. The van der Waals surface area contributed by atoms with Crippen LogP contribution in [0.25, 0.3) is 123 Å². The summed E-state index contributed by atoms with van der Waals surface area (Å²) in [5.74, 6) is 1.68. The van der Waals surface area contributed by atoms with Gasteiger partial charge in [-0.25, -0.2) is 9.97 Å². The highest BCUT2D eigenvalue weighted by Gasteiger charge is 2.30. The fraction of sp³-hybridized carbons (Fsp3) is 0. The van der Waals surface area contributed by atoms with Gasteiger partial charge in [-0.3, -0.25) is 4.57 Å². The molecule has 0 spiro atoms.